The molecule has 1 amide bonds. The molecule has 2 saturated heterocycles. The number of para-hydroxylation sites is 1. The van der Waals surface area contributed by atoms with Gasteiger partial charge in [-0.2, -0.15) is 0 Å². The van der Waals surface area contributed by atoms with Gasteiger partial charge in [-0.1, -0.05) is 61.9 Å². The standard InChI is InChI=1S/C32H37NO2S/c1-21(2)29-7-5-6-8-30(29)35-28-18-26-14-15-27(19-28)33(26)32(34)25-12-10-24(11-13-25)20-36-31-16-9-22(3)17-23(31)4/h5-13,16-17,21,26-28H,14-15,18-20H2,1-4H3/t26-,27-/m0/s1. The Labute approximate surface area is 220 Å². The summed E-state index contributed by atoms with van der Waals surface area (Å²) in [5.41, 5.74) is 5.93. The monoisotopic (exact) mass is 499 g/mol. The third-order valence-corrected chi connectivity index (χ3v) is 8.93. The zero-order valence-corrected chi connectivity index (χ0v) is 22.7. The Bertz CT molecular complexity index is 1210. The number of benzene rings is 3. The molecule has 4 heteroatoms. The van der Waals surface area contributed by atoms with Gasteiger partial charge in [0.05, 0.1) is 0 Å². The molecular weight excluding hydrogens is 462 g/mol. The fourth-order valence-corrected chi connectivity index (χ4v) is 6.78. The molecule has 36 heavy (non-hydrogen) atoms. The lowest BCUT2D eigenvalue weighted by atomic mass is 9.97. The number of rotatable bonds is 7. The molecule has 188 valence electrons. The van der Waals surface area contributed by atoms with Crippen LogP contribution in [0, 0.1) is 13.8 Å². The lowest BCUT2D eigenvalue weighted by Gasteiger charge is -2.39. The maximum absolute atomic E-state index is 13.5. The zero-order chi connectivity index (χ0) is 25.2. The minimum atomic E-state index is 0.177. The van der Waals surface area contributed by atoms with Crippen LogP contribution in [0.15, 0.2) is 71.6 Å². The normalized spacial score (nSPS) is 21.1. The number of amides is 1. The van der Waals surface area contributed by atoms with Gasteiger partial charge in [0.2, 0.25) is 0 Å². The van der Waals surface area contributed by atoms with E-state index in [1.807, 2.05) is 23.9 Å². The lowest BCUT2D eigenvalue weighted by Crippen LogP contribution is -2.49. The number of piperidine rings is 1. The molecule has 2 aliphatic rings. The van der Waals surface area contributed by atoms with Gasteiger partial charge in [0.15, 0.2) is 0 Å². The first kappa shape index (κ1) is 25.0. The molecule has 2 fully saturated rings. The van der Waals surface area contributed by atoms with Crippen LogP contribution in [0.4, 0.5) is 0 Å². The van der Waals surface area contributed by atoms with Gasteiger partial charge in [-0.25, -0.2) is 0 Å². The van der Waals surface area contributed by atoms with Gasteiger partial charge >= 0.3 is 0 Å². The number of hydrogen-bond acceptors (Lipinski definition) is 3. The Morgan fingerprint density at radius 3 is 2.33 bits per heavy atom. The van der Waals surface area contributed by atoms with E-state index in [1.165, 1.54) is 27.1 Å². The molecule has 2 heterocycles. The SMILES string of the molecule is Cc1ccc(SCc2ccc(C(=O)N3[C@H]4CC[C@H]3CC(Oc3ccccc3C(C)C)C4)cc2)c(C)c1. The van der Waals surface area contributed by atoms with Gasteiger partial charge in [-0.05, 0) is 73.6 Å². The summed E-state index contributed by atoms with van der Waals surface area (Å²) in [6.07, 6.45) is 4.16. The second-order valence-corrected chi connectivity index (χ2v) is 11.8. The summed E-state index contributed by atoms with van der Waals surface area (Å²) >= 11 is 1.86. The molecular formula is C32H37NO2S. The van der Waals surface area contributed by atoms with Crippen molar-refractivity contribution in [3.05, 3.63) is 94.5 Å². The Morgan fingerprint density at radius 2 is 1.67 bits per heavy atom. The van der Waals surface area contributed by atoms with E-state index in [0.717, 1.165) is 42.7 Å². The van der Waals surface area contributed by atoms with Crippen molar-refractivity contribution in [1.29, 1.82) is 0 Å². The summed E-state index contributed by atoms with van der Waals surface area (Å²) < 4.78 is 6.52. The molecule has 3 aromatic rings. The maximum Gasteiger partial charge on any atom is 0.254 e. The van der Waals surface area contributed by atoms with Crippen LogP contribution in [0.5, 0.6) is 5.75 Å². The Kier molecular flexibility index (Phi) is 7.43. The van der Waals surface area contributed by atoms with Crippen LogP contribution in [0.3, 0.4) is 0 Å². The number of ether oxygens (including phenoxy) is 1. The van der Waals surface area contributed by atoms with E-state index in [4.69, 9.17) is 4.74 Å². The van der Waals surface area contributed by atoms with Crippen LogP contribution >= 0.6 is 11.8 Å². The summed E-state index contributed by atoms with van der Waals surface area (Å²) in [4.78, 5) is 17.0. The molecule has 0 radical (unpaired) electrons. The van der Waals surface area contributed by atoms with Crippen molar-refractivity contribution in [1.82, 2.24) is 4.90 Å². The van der Waals surface area contributed by atoms with Gasteiger partial charge in [0.25, 0.3) is 5.91 Å². The van der Waals surface area contributed by atoms with Crippen molar-refractivity contribution >= 4 is 17.7 Å². The second-order valence-electron chi connectivity index (χ2n) is 10.8. The number of nitrogens with zero attached hydrogens (tertiary/aromatic N) is 1. The third-order valence-electron chi connectivity index (χ3n) is 7.68. The average molecular weight is 500 g/mol. The first-order valence-electron chi connectivity index (χ1n) is 13.3. The highest BCUT2D eigenvalue weighted by molar-refractivity contribution is 7.98. The molecule has 2 bridgehead atoms. The fraction of sp³-hybridized carbons (Fsp3) is 0.406. The summed E-state index contributed by atoms with van der Waals surface area (Å²) in [6, 6.07) is 23.8. The molecule has 0 unspecified atom stereocenters. The highest BCUT2D eigenvalue weighted by Crippen LogP contribution is 2.39. The summed E-state index contributed by atoms with van der Waals surface area (Å²) in [7, 11) is 0. The highest BCUT2D eigenvalue weighted by Gasteiger charge is 2.44. The molecule has 2 atom stereocenters. The summed E-state index contributed by atoms with van der Waals surface area (Å²) in [6.45, 7) is 8.72. The van der Waals surface area contributed by atoms with E-state index in [-0.39, 0.29) is 24.1 Å². The topological polar surface area (TPSA) is 29.5 Å². The summed E-state index contributed by atoms with van der Waals surface area (Å²) in [5.74, 6) is 2.52. The molecule has 0 aromatic heterocycles. The molecule has 0 N–H and O–H groups in total. The molecule has 0 aliphatic carbocycles. The summed E-state index contributed by atoms with van der Waals surface area (Å²) in [5, 5.41) is 0. The smallest absolute Gasteiger partial charge is 0.254 e. The van der Waals surface area contributed by atoms with E-state index in [2.05, 4.69) is 87.2 Å². The van der Waals surface area contributed by atoms with Crippen LogP contribution < -0.4 is 4.74 Å². The lowest BCUT2D eigenvalue weighted by molar-refractivity contribution is 0.0356. The molecule has 0 spiro atoms. The molecule has 5 rings (SSSR count). The first-order valence-corrected chi connectivity index (χ1v) is 14.2. The number of carbonyl (C=O) groups excluding carboxylic acids is 1. The fourth-order valence-electron chi connectivity index (χ4n) is 5.81. The maximum atomic E-state index is 13.5. The molecule has 0 saturated carbocycles. The predicted molar refractivity (Wildman–Crippen MR) is 149 cm³/mol. The quantitative estimate of drug-likeness (QED) is 0.309. The molecule has 2 aliphatic heterocycles. The minimum Gasteiger partial charge on any atom is -0.490 e. The van der Waals surface area contributed by atoms with Gasteiger partial charge in [0.1, 0.15) is 11.9 Å². The third kappa shape index (κ3) is 5.34. The first-order chi connectivity index (χ1) is 17.4. The Hall–Kier alpha value is -2.72. The van der Waals surface area contributed by atoms with Crippen LogP contribution in [0.25, 0.3) is 0 Å². The van der Waals surface area contributed by atoms with Crippen molar-refractivity contribution in [2.24, 2.45) is 0 Å². The van der Waals surface area contributed by atoms with E-state index in [9.17, 15) is 4.79 Å². The van der Waals surface area contributed by atoms with Gasteiger partial charge in [0, 0.05) is 41.1 Å². The predicted octanol–water partition coefficient (Wildman–Crippen LogP) is 7.93. The van der Waals surface area contributed by atoms with Crippen molar-refractivity contribution in [2.75, 3.05) is 0 Å². The number of carbonyl (C=O) groups is 1. The van der Waals surface area contributed by atoms with E-state index >= 15 is 0 Å². The average Bonchev–Trinajstić information content (AvgIpc) is 3.13. The van der Waals surface area contributed by atoms with Crippen molar-refractivity contribution in [3.63, 3.8) is 0 Å². The van der Waals surface area contributed by atoms with E-state index in [0.29, 0.717) is 5.92 Å². The van der Waals surface area contributed by atoms with Gasteiger partial charge < -0.3 is 9.64 Å². The van der Waals surface area contributed by atoms with E-state index in [1.54, 1.807) is 0 Å². The largest absolute Gasteiger partial charge is 0.490 e. The zero-order valence-electron chi connectivity index (χ0n) is 21.9. The number of thioether (sulfide) groups is 1. The Balaban J connectivity index is 1.21. The van der Waals surface area contributed by atoms with Crippen molar-refractivity contribution in [2.45, 2.75) is 88.1 Å². The Morgan fingerprint density at radius 1 is 0.972 bits per heavy atom. The van der Waals surface area contributed by atoms with Crippen LogP contribution in [-0.4, -0.2) is 29.0 Å². The van der Waals surface area contributed by atoms with Crippen LogP contribution in [0.1, 0.15) is 78.1 Å². The van der Waals surface area contributed by atoms with Crippen molar-refractivity contribution in [3.8, 4) is 5.75 Å². The minimum absolute atomic E-state index is 0.177. The van der Waals surface area contributed by atoms with Gasteiger partial charge in [-0.15, -0.1) is 11.8 Å². The van der Waals surface area contributed by atoms with Gasteiger partial charge in [-0.3, -0.25) is 4.79 Å². The molecule has 3 aromatic carbocycles. The van der Waals surface area contributed by atoms with E-state index < -0.39 is 0 Å². The highest BCUT2D eigenvalue weighted by atomic mass is 32.2. The number of fused-ring (bicyclic) bond motifs is 2. The van der Waals surface area contributed by atoms with Crippen LogP contribution in [-0.2, 0) is 5.75 Å². The van der Waals surface area contributed by atoms with Crippen molar-refractivity contribution < 1.29 is 9.53 Å². The second kappa shape index (κ2) is 10.7. The number of aryl methyl sites for hydroxylation is 2. The number of hydrogen-bond donors (Lipinski definition) is 0. The van der Waals surface area contributed by atoms with Crippen LogP contribution in [0.2, 0.25) is 0 Å². The molecule has 3 nitrogen and oxygen atoms in total.